The highest BCUT2D eigenvalue weighted by molar-refractivity contribution is 5.86. The van der Waals surface area contributed by atoms with Gasteiger partial charge in [0.25, 0.3) is 0 Å². The van der Waals surface area contributed by atoms with Crippen LogP contribution in [-0.4, -0.2) is 50.1 Å². The second kappa shape index (κ2) is 9.03. The van der Waals surface area contributed by atoms with Gasteiger partial charge in [-0.25, -0.2) is 0 Å². The highest BCUT2D eigenvalue weighted by Gasteiger charge is 2.57. The van der Waals surface area contributed by atoms with Crippen LogP contribution in [0.25, 0.3) is 0 Å². The summed E-state index contributed by atoms with van der Waals surface area (Å²) >= 11 is 0. The molecule has 0 unspecified atom stereocenters. The van der Waals surface area contributed by atoms with Crippen LogP contribution in [0.3, 0.4) is 0 Å². The number of nitrogens with one attached hydrogen (secondary N) is 2. The molecule has 0 heterocycles. The Labute approximate surface area is 143 Å². The monoisotopic (exact) mass is 325 g/mol. The van der Waals surface area contributed by atoms with Gasteiger partial charge in [0, 0.05) is 12.6 Å². The van der Waals surface area contributed by atoms with E-state index in [1.54, 1.807) is 0 Å². The first-order chi connectivity index (χ1) is 10.7. The Morgan fingerprint density at radius 1 is 1.09 bits per heavy atom. The molecule has 0 aromatic rings. The van der Waals surface area contributed by atoms with Gasteiger partial charge in [0.15, 0.2) is 0 Å². The standard InChI is InChI=1S/C19H39N3O/c1-16(2)20-13-9-15-22(6)14-8-7-12-21-17(23)19(10-11-19)18(3,4)5/h16,20H,7-15H2,1-6H3,(H,21,23). The molecule has 0 aliphatic heterocycles. The Balaban J connectivity index is 2.04. The van der Waals surface area contributed by atoms with Crippen molar-refractivity contribution in [3.05, 3.63) is 0 Å². The summed E-state index contributed by atoms with van der Waals surface area (Å²) in [6, 6.07) is 0.576. The highest BCUT2D eigenvalue weighted by atomic mass is 16.2. The van der Waals surface area contributed by atoms with Crippen molar-refractivity contribution >= 4 is 5.91 Å². The normalized spacial score (nSPS) is 16.9. The zero-order valence-corrected chi connectivity index (χ0v) is 16.3. The number of hydrogen-bond donors (Lipinski definition) is 2. The quantitative estimate of drug-likeness (QED) is 0.574. The smallest absolute Gasteiger partial charge is 0.226 e. The average Bonchev–Trinajstić information content (AvgIpc) is 3.24. The van der Waals surface area contributed by atoms with Gasteiger partial charge in [-0.2, -0.15) is 0 Å². The van der Waals surface area contributed by atoms with Crippen molar-refractivity contribution in [2.24, 2.45) is 10.8 Å². The van der Waals surface area contributed by atoms with E-state index in [0.29, 0.717) is 6.04 Å². The van der Waals surface area contributed by atoms with Crippen LogP contribution < -0.4 is 10.6 Å². The largest absolute Gasteiger partial charge is 0.356 e. The summed E-state index contributed by atoms with van der Waals surface area (Å²) in [5.74, 6) is 0.276. The van der Waals surface area contributed by atoms with Gasteiger partial charge < -0.3 is 15.5 Å². The van der Waals surface area contributed by atoms with Crippen molar-refractivity contribution in [2.45, 2.75) is 72.8 Å². The molecule has 0 radical (unpaired) electrons. The van der Waals surface area contributed by atoms with E-state index in [-0.39, 0.29) is 16.7 Å². The third-order valence-electron chi connectivity index (χ3n) is 5.14. The molecule has 0 atom stereocenters. The average molecular weight is 326 g/mol. The molecule has 4 nitrogen and oxygen atoms in total. The summed E-state index contributed by atoms with van der Waals surface area (Å²) in [6.07, 6.45) is 5.52. The molecule has 1 fully saturated rings. The number of unbranched alkanes of at least 4 members (excludes halogenated alkanes) is 1. The maximum Gasteiger partial charge on any atom is 0.226 e. The van der Waals surface area contributed by atoms with Gasteiger partial charge in [-0.15, -0.1) is 0 Å². The number of carbonyl (C=O) groups excluding carboxylic acids is 1. The summed E-state index contributed by atoms with van der Waals surface area (Å²) in [7, 11) is 2.19. The lowest BCUT2D eigenvalue weighted by Crippen LogP contribution is -2.40. The lowest BCUT2D eigenvalue weighted by Gasteiger charge is -2.29. The highest BCUT2D eigenvalue weighted by Crippen LogP contribution is 2.58. The molecule has 23 heavy (non-hydrogen) atoms. The van der Waals surface area contributed by atoms with E-state index in [1.807, 2.05) is 0 Å². The van der Waals surface area contributed by atoms with E-state index in [9.17, 15) is 4.79 Å². The summed E-state index contributed by atoms with van der Waals surface area (Å²) in [6.45, 7) is 15.1. The van der Waals surface area contributed by atoms with Gasteiger partial charge in [-0.05, 0) is 64.2 Å². The Bertz CT molecular complexity index is 356. The fraction of sp³-hybridized carbons (Fsp3) is 0.947. The molecule has 1 saturated carbocycles. The van der Waals surface area contributed by atoms with Crippen LogP contribution in [0.5, 0.6) is 0 Å². The molecule has 1 aliphatic carbocycles. The topological polar surface area (TPSA) is 44.4 Å². The lowest BCUT2D eigenvalue weighted by atomic mass is 9.77. The van der Waals surface area contributed by atoms with E-state index in [1.165, 1.54) is 6.42 Å². The summed E-state index contributed by atoms with van der Waals surface area (Å²) < 4.78 is 0. The third-order valence-corrected chi connectivity index (χ3v) is 5.14. The molecule has 2 N–H and O–H groups in total. The molecule has 1 aliphatic rings. The van der Waals surface area contributed by atoms with Crippen molar-refractivity contribution in [3.63, 3.8) is 0 Å². The van der Waals surface area contributed by atoms with Gasteiger partial charge in [0.1, 0.15) is 0 Å². The van der Waals surface area contributed by atoms with Crippen LogP contribution in [0.15, 0.2) is 0 Å². The first-order valence-electron chi connectivity index (χ1n) is 9.39. The molecule has 0 spiro atoms. The number of rotatable bonds is 11. The van der Waals surface area contributed by atoms with E-state index in [4.69, 9.17) is 0 Å². The predicted octanol–water partition coefficient (Wildman–Crippen LogP) is 3.03. The van der Waals surface area contributed by atoms with Gasteiger partial charge in [-0.1, -0.05) is 34.6 Å². The predicted molar refractivity (Wildman–Crippen MR) is 98.6 cm³/mol. The van der Waals surface area contributed by atoms with Crippen molar-refractivity contribution < 1.29 is 4.79 Å². The summed E-state index contributed by atoms with van der Waals surface area (Å²) in [5, 5.41) is 6.61. The molecule has 0 aromatic carbocycles. The summed E-state index contributed by atoms with van der Waals surface area (Å²) in [5.41, 5.74) is -0.00543. The molecule has 136 valence electrons. The minimum absolute atomic E-state index is 0.0846. The maximum absolute atomic E-state index is 12.4. The van der Waals surface area contributed by atoms with Crippen LogP contribution in [0.2, 0.25) is 0 Å². The molecule has 1 amide bonds. The van der Waals surface area contributed by atoms with Crippen LogP contribution in [0.4, 0.5) is 0 Å². The Morgan fingerprint density at radius 2 is 1.70 bits per heavy atom. The third kappa shape index (κ3) is 6.80. The Kier molecular flexibility index (Phi) is 8.02. The summed E-state index contributed by atoms with van der Waals surface area (Å²) in [4.78, 5) is 14.8. The van der Waals surface area contributed by atoms with E-state index < -0.39 is 0 Å². The van der Waals surface area contributed by atoms with E-state index in [2.05, 4.69) is 57.2 Å². The fourth-order valence-electron chi connectivity index (χ4n) is 3.17. The molecule has 4 heteroatoms. The van der Waals surface area contributed by atoms with E-state index in [0.717, 1.165) is 51.9 Å². The van der Waals surface area contributed by atoms with Crippen LogP contribution in [-0.2, 0) is 4.79 Å². The van der Waals surface area contributed by atoms with Gasteiger partial charge in [-0.3, -0.25) is 4.79 Å². The first kappa shape index (κ1) is 20.4. The molecule has 0 bridgehead atoms. The Morgan fingerprint density at radius 3 is 2.22 bits per heavy atom. The molecule has 0 saturated heterocycles. The van der Waals surface area contributed by atoms with Crippen LogP contribution >= 0.6 is 0 Å². The van der Waals surface area contributed by atoms with Crippen molar-refractivity contribution in [3.8, 4) is 0 Å². The molecule has 1 rings (SSSR count). The molecular weight excluding hydrogens is 286 g/mol. The number of amides is 1. The molecular formula is C19H39N3O. The molecule has 0 aromatic heterocycles. The number of hydrogen-bond acceptors (Lipinski definition) is 3. The zero-order valence-electron chi connectivity index (χ0n) is 16.3. The number of carbonyl (C=O) groups is 1. The van der Waals surface area contributed by atoms with Crippen molar-refractivity contribution in [1.29, 1.82) is 0 Å². The maximum atomic E-state index is 12.4. The first-order valence-corrected chi connectivity index (χ1v) is 9.39. The second-order valence-electron chi connectivity index (χ2n) is 8.56. The van der Waals surface area contributed by atoms with Crippen LogP contribution in [0, 0.1) is 10.8 Å². The SMILES string of the molecule is CC(C)NCCCN(C)CCCCNC(=O)C1(C(C)(C)C)CC1. The minimum Gasteiger partial charge on any atom is -0.356 e. The lowest BCUT2D eigenvalue weighted by molar-refractivity contribution is -0.130. The Hall–Kier alpha value is -0.610. The van der Waals surface area contributed by atoms with Gasteiger partial charge in [0.2, 0.25) is 5.91 Å². The number of nitrogens with zero attached hydrogens (tertiary/aromatic N) is 1. The minimum atomic E-state index is -0.0901. The van der Waals surface area contributed by atoms with Crippen molar-refractivity contribution in [2.75, 3.05) is 33.2 Å². The van der Waals surface area contributed by atoms with Crippen molar-refractivity contribution in [1.82, 2.24) is 15.5 Å². The van der Waals surface area contributed by atoms with E-state index >= 15 is 0 Å². The zero-order chi connectivity index (χ0) is 17.5. The van der Waals surface area contributed by atoms with Gasteiger partial charge >= 0.3 is 0 Å². The van der Waals surface area contributed by atoms with Gasteiger partial charge in [0.05, 0.1) is 5.41 Å². The van der Waals surface area contributed by atoms with Crippen LogP contribution in [0.1, 0.15) is 66.7 Å². The second-order valence-corrected chi connectivity index (χ2v) is 8.56. The fourth-order valence-corrected chi connectivity index (χ4v) is 3.17.